The van der Waals surface area contributed by atoms with Crippen LogP contribution < -0.4 is 0 Å². The summed E-state index contributed by atoms with van der Waals surface area (Å²) in [5.74, 6) is -0.331. The van der Waals surface area contributed by atoms with Crippen LogP contribution in [0.3, 0.4) is 0 Å². The molecule has 0 aliphatic carbocycles. The molecule has 1 heterocycles. The van der Waals surface area contributed by atoms with Gasteiger partial charge >= 0.3 is 5.97 Å². The van der Waals surface area contributed by atoms with Gasteiger partial charge in [0.15, 0.2) is 0 Å². The Morgan fingerprint density at radius 2 is 2.25 bits per heavy atom. The van der Waals surface area contributed by atoms with Gasteiger partial charge in [-0.15, -0.1) is 0 Å². The standard InChI is InChI=1S/C11H18N2O3/c1-11(2,3)16-10(14)8-15-5-4-9-6-12-13-7-9/h6H,4-5,7-8H2,1-3H3. The van der Waals surface area contributed by atoms with E-state index in [-0.39, 0.29) is 12.6 Å². The van der Waals surface area contributed by atoms with E-state index in [2.05, 4.69) is 10.2 Å². The first-order valence-corrected chi connectivity index (χ1v) is 5.31. The first kappa shape index (κ1) is 12.8. The normalized spacial score (nSPS) is 15.1. The van der Waals surface area contributed by atoms with Crippen LogP contribution in [0.5, 0.6) is 0 Å². The predicted molar refractivity (Wildman–Crippen MR) is 59.1 cm³/mol. The van der Waals surface area contributed by atoms with Gasteiger partial charge in [0, 0.05) is 0 Å². The lowest BCUT2D eigenvalue weighted by molar-refractivity contribution is -0.160. The topological polar surface area (TPSA) is 60.2 Å². The third-order valence-electron chi connectivity index (χ3n) is 1.80. The number of rotatable bonds is 5. The molecule has 0 saturated carbocycles. The van der Waals surface area contributed by atoms with Crippen LogP contribution in [0, 0.1) is 0 Å². The van der Waals surface area contributed by atoms with Crippen LogP contribution >= 0.6 is 0 Å². The van der Waals surface area contributed by atoms with Crippen LogP contribution in [0.1, 0.15) is 27.2 Å². The van der Waals surface area contributed by atoms with Crippen molar-refractivity contribution >= 4 is 5.97 Å². The fraction of sp³-hybridized carbons (Fsp3) is 0.727. The van der Waals surface area contributed by atoms with E-state index >= 15 is 0 Å². The number of esters is 1. The van der Waals surface area contributed by atoms with E-state index in [0.29, 0.717) is 13.2 Å². The number of hydrogen-bond donors (Lipinski definition) is 0. The minimum absolute atomic E-state index is 0.00116. The Labute approximate surface area is 95.5 Å². The van der Waals surface area contributed by atoms with E-state index < -0.39 is 5.60 Å². The van der Waals surface area contributed by atoms with Crippen LogP contribution in [0.25, 0.3) is 0 Å². The molecule has 0 aromatic carbocycles. The summed E-state index contributed by atoms with van der Waals surface area (Å²) >= 11 is 0. The van der Waals surface area contributed by atoms with Crippen LogP contribution in [0.2, 0.25) is 0 Å². The van der Waals surface area contributed by atoms with Crippen molar-refractivity contribution < 1.29 is 14.3 Å². The molecule has 0 aromatic heterocycles. The lowest BCUT2D eigenvalue weighted by Gasteiger charge is -2.19. The molecule has 5 heteroatoms. The van der Waals surface area contributed by atoms with Crippen molar-refractivity contribution in [1.82, 2.24) is 0 Å². The molecular formula is C11H18N2O3. The van der Waals surface area contributed by atoms with Crippen LogP contribution in [0.15, 0.2) is 22.0 Å². The monoisotopic (exact) mass is 226 g/mol. The van der Waals surface area contributed by atoms with Gasteiger partial charge in [0.25, 0.3) is 0 Å². The van der Waals surface area contributed by atoms with Gasteiger partial charge in [-0.05, 0) is 32.8 Å². The smallest absolute Gasteiger partial charge is 0.332 e. The van der Waals surface area contributed by atoms with E-state index in [1.54, 1.807) is 6.20 Å². The zero-order valence-electron chi connectivity index (χ0n) is 10.0. The average Bonchev–Trinajstić information content (AvgIpc) is 2.62. The molecule has 1 aliphatic heterocycles. The SMILES string of the molecule is CC(C)(C)OC(=O)COCCC1=CN=NC1. The average molecular weight is 226 g/mol. The van der Waals surface area contributed by atoms with Gasteiger partial charge in [0.2, 0.25) is 0 Å². The third kappa shape index (κ3) is 5.60. The molecule has 0 aromatic rings. The molecular weight excluding hydrogens is 208 g/mol. The second kappa shape index (κ2) is 5.75. The summed E-state index contributed by atoms with van der Waals surface area (Å²) < 4.78 is 10.3. The van der Waals surface area contributed by atoms with Crippen LogP contribution in [-0.2, 0) is 14.3 Å². The first-order chi connectivity index (χ1) is 7.47. The van der Waals surface area contributed by atoms with Gasteiger partial charge in [-0.1, -0.05) is 0 Å². The summed E-state index contributed by atoms with van der Waals surface area (Å²) in [6.07, 6.45) is 2.49. The van der Waals surface area contributed by atoms with E-state index in [1.165, 1.54) is 0 Å². The molecule has 0 saturated heterocycles. The van der Waals surface area contributed by atoms with Gasteiger partial charge in [-0.25, -0.2) is 4.79 Å². The first-order valence-electron chi connectivity index (χ1n) is 5.31. The van der Waals surface area contributed by atoms with E-state index in [4.69, 9.17) is 9.47 Å². The third-order valence-corrected chi connectivity index (χ3v) is 1.80. The maximum Gasteiger partial charge on any atom is 0.332 e. The van der Waals surface area contributed by atoms with E-state index in [1.807, 2.05) is 20.8 Å². The molecule has 1 rings (SSSR count). The largest absolute Gasteiger partial charge is 0.458 e. The quantitative estimate of drug-likeness (QED) is 0.532. The molecule has 1 aliphatic rings. The molecule has 0 radical (unpaired) electrons. The van der Waals surface area contributed by atoms with Crippen molar-refractivity contribution in [3.8, 4) is 0 Å². The Kier molecular flexibility index (Phi) is 4.61. The molecule has 0 spiro atoms. The summed E-state index contributed by atoms with van der Waals surface area (Å²) in [6.45, 7) is 6.64. The summed E-state index contributed by atoms with van der Waals surface area (Å²) in [5, 5.41) is 7.56. The maximum absolute atomic E-state index is 11.3. The van der Waals surface area contributed by atoms with Crippen molar-refractivity contribution in [3.05, 3.63) is 11.8 Å². The van der Waals surface area contributed by atoms with Crippen molar-refractivity contribution in [2.45, 2.75) is 32.8 Å². The fourth-order valence-corrected chi connectivity index (χ4v) is 1.17. The highest BCUT2D eigenvalue weighted by atomic mass is 16.6. The van der Waals surface area contributed by atoms with Crippen molar-refractivity contribution in [1.29, 1.82) is 0 Å². The number of carbonyl (C=O) groups excluding carboxylic acids is 1. The lowest BCUT2D eigenvalue weighted by atomic mass is 10.2. The molecule has 0 atom stereocenters. The molecule has 0 N–H and O–H groups in total. The zero-order chi connectivity index (χ0) is 12.0. The zero-order valence-corrected chi connectivity index (χ0v) is 10.0. The Morgan fingerprint density at radius 1 is 1.50 bits per heavy atom. The Balaban J connectivity index is 2.05. The molecule has 5 nitrogen and oxygen atoms in total. The van der Waals surface area contributed by atoms with Crippen molar-refractivity contribution in [3.63, 3.8) is 0 Å². The molecule has 0 unspecified atom stereocenters. The Bertz CT molecular complexity index is 303. The molecule has 0 fully saturated rings. The summed E-state index contributed by atoms with van der Waals surface area (Å²) in [4.78, 5) is 11.3. The lowest BCUT2D eigenvalue weighted by Crippen LogP contribution is -2.26. The van der Waals surface area contributed by atoms with E-state index in [0.717, 1.165) is 12.0 Å². The summed E-state index contributed by atoms with van der Waals surface area (Å²) in [6, 6.07) is 0. The molecule has 0 bridgehead atoms. The van der Waals surface area contributed by atoms with Gasteiger partial charge in [-0.3, -0.25) is 0 Å². The molecule has 0 amide bonds. The van der Waals surface area contributed by atoms with Crippen molar-refractivity contribution in [2.75, 3.05) is 19.8 Å². The highest BCUT2D eigenvalue weighted by Gasteiger charge is 2.15. The number of ether oxygens (including phenoxy) is 2. The fourth-order valence-electron chi connectivity index (χ4n) is 1.17. The highest BCUT2D eigenvalue weighted by molar-refractivity contribution is 5.71. The Morgan fingerprint density at radius 3 is 2.81 bits per heavy atom. The van der Waals surface area contributed by atoms with Gasteiger partial charge < -0.3 is 9.47 Å². The van der Waals surface area contributed by atoms with E-state index in [9.17, 15) is 4.79 Å². The number of nitrogens with zero attached hydrogens (tertiary/aromatic N) is 2. The van der Waals surface area contributed by atoms with Gasteiger partial charge in [0.05, 0.1) is 19.4 Å². The second-order valence-corrected chi connectivity index (χ2v) is 4.59. The predicted octanol–water partition coefficient (Wildman–Crippen LogP) is 2.08. The van der Waals surface area contributed by atoms with Crippen molar-refractivity contribution in [2.24, 2.45) is 10.2 Å². The van der Waals surface area contributed by atoms with Crippen LogP contribution in [0.4, 0.5) is 0 Å². The Hall–Kier alpha value is -1.23. The number of hydrogen-bond acceptors (Lipinski definition) is 5. The minimum atomic E-state index is -0.452. The highest BCUT2D eigenvalue weighted by Crippen LogP contribution is 2.09. The second-order valence-electron chi connectivity index (χ2n) is 4.59. The maximum atomic E-state index is 11.3. The molecule has 90 valence electrons. The number of azo groups is 1. The summed E-state index contributed by atoms with van der Waals surface area (Å²) in [7, 11) is 0. The molecule has 16 heavy (non-hydrogen) atoms. The number of carbonyl (C=O) groups is 1. The summed E-state index contributed by atoms with van der Waals surface area (Å²) in [5.41, 5.74) is 0.677. The minimum Gasteiger partial charge on any atom is -0.458 e. The van der Waals surface area contributed by atoms with Gasteiger partial charge in [0.1, 0.15) is 12.2 Å². The van der Waals surface area contributed by atoms with Crippen LogP contribution in [-0.4, -0.2) is 31.3 Å². The van der Waals surface area contributed by atoms with Gasteiger partial charge in [-0.2, -0.15) is 10.2 Å².